The van der Waals surface area contributed by atoms with E-state index >= 15 is 0 Å². The molecule has 0 bridgehead atoms. The molecule has 0 amide bonds. The minimum atomic E-state index is -0.708. The Hall–Kier alpha value is -0.0400. The van der Waals surface area contributed by atoms with Crippen molar-refractivity contribution in [2.45, 2.75) is 90.1 Å². The predicted molar refractivity (Wildman–Crippen MR) is 72.4 cm³/mol. The van der Waals surface area contributed by atoms with E-state index in [2.05, 4.69) is 13.8 Å². The zero-order chi connectivity index (χ0) is 12.3. The summed E-state index contributed by atoms with van der Waals surface area (Å²) >= 11 is 0. The molecule has 0 rings (SSSR count). The molecule has 0 aromatic carbocycles. The van der Waals surface area contributed by atoms with Crippen LogP contribution in [0.5, 0.6) is 0 Å². The Balaban J connectivity index is 2.99. The van der Waals surface area contributed by atoms with Crippen LogP contribution in [-0.2, 0) is 0 Å². The monoisotopic (exact) mass is 227 g/mol. The van der Waals surface area contributed by atoms with Crippen LogP contribution in [0.3, 0.4) is 0 Å². The molecule has 16 heavy (non-hydrogen) atoms. The first-order valence-corrected chi connectivity index (χ1v) is 7.14. The average molecular weight is 227 g/mol. The van der Waals surface area contributed by atoms with Crippen molar-refractivity contribution >= 4 is 0 Å². The second kappa shape index (κ2) is 10.1. The van der Waals surface area contributed by atoms with Crippen LogP contribution in [-0.4, -0.2) is 10.7 Å². The largest absolute Gasteiger partial charge is 0.390 e. The maximum absolute atomic E-state index is 9.43. The molecule has 0 aromatic rings. The standard InChI is InChI=1S/C15H31O/c1-4-5-6-7-8-9-10-11-12-13-14-15(2,3)16/h16H,2,4-14H2,1,3H3. The summed E-state index contributed by atoms with van der Waals surface area (Å²) in [6, 6.07) is 0. The number of rotatable bonds is 11. The first-order chi connectivity index (χ1) is 7.56. The molecule has 0 aliphatic carbocycles. The zero-order valence-electron chi connectivity index (χ0n) is 11.4. The highest BCUT2D eigenvalue weighted by Gasteiger charge is 2.10. The number of aliphatic hydroxyl groups is 1. The molecule has 1 N–H and O–H groups in total. The lowest BCUT2D eigenvalue weighted by atomic mass is 9.99. The fourth-order valence-corrected chi connectivity index (χ4v) is 1.99. The van der Waals surface area contributed by atoms with Crippen molar-refractivity contribution in [1.29, 1.82) is 0 Å². The molecule has 0 heterocycles. The van der Waals surface area contributed by atoms with Gasteiger partial charge in [-0.25, -0.2) is 0 Å². The molecule has 0 aliphatic rings. The van der Waals surface area contributed by atoms with E-state index in [0.29, 0.717) is 0 Å². The van der Waals surface area contributed by atoms with Gasteiger partial charge in [0.1, 0.15) is 0 Å². The van der Waals surface area contributed by atoms with E-state index in [1.807, 2.05) is 0 Å². The van der Waals surface area contributed by atoms with Gasteiger partial charge in [-0.05, 0) is 20.3 Å². The van der Waals surface area contributed by atoms with Gasteiger partial charge in [0.25, 0.3) is 0 Å². The van der Waals surface area contributed by atoms with Gasteiger partial charge in [0.05, 0.1) is 5.60 Å². The Morgan fingerprint density at radius 2 is 1.19 bits per heavy atom. The van der Waals surface area contributed by atoms with E-state index in [1.165, 1.54) is 57.8 Å². The Kier molecular flexibility index (Phi) is 10.1. The summed E-state index contributed by atoms with van der Waals surface area (Å²) in [7, 11) is 0. The molecule has 1 radical (unpaired) electrons. The van der Waals surface area contributed by atoms with Crippen LogP contribution >= 0.6 is 0 Å². The van der Waals surface area contributed by atoms with E-state index in [9.17, 15) is 5.11 Å². The molecule has 1 heteroatoms. The third kappa shape index (κ3) is 14.0. The molecular weight excluding hydrogens is 196 g/mol. The molecule has 0 fully saturated rings. The van der Waals surface area contributed by atoms with Crippen LogP contribution in [0.4, 0.5) is 0 Å². The third-order valence-electron chi connectivity index (χ3n) is 3.07. The quantitative estimate of drug-likeness (QED) is 0.499. The topological polar surface area (TPSA) is 20.2 Å². The molecule has 0 spiro atoms. The zero-order valence-corrected chi connectivity index (χ0v) is 11.4. The van der Waals surface area contributed by atoms with Gasteiger partial charge < -0.3 is 5.11 Å². The summed E-state index contributed by atoms with van der Waals surface area (Å²) in [5, 5.41) is 9.43. The smallest absolute Gasteiger partial charge is 0.0620 e. The van der Waals surface area contributed by atoms with E-state index in [-0.39, 0.29) is 0 Å². The Labute approximate surface area is 103 Å². The molecule has 1 nitrogen and oxygen atoms in total. The maximum Gasteiger partial charge on any atom is 0.0620 e. The van der Waals surface area contributed by atoms with Crippen molar-refractivity contribution in [2.24, 2.45) is 0 Å². The Morgan fingerprint density at radius 3 is 1.56 bits per heavy atom. The highest BCUT2D eigenvalue weighted by Crippen LogP contribution is 2.15. The Morgan fingerprint density at radius 1 is 0.812 bits per heavy atom. The SMILES string of the molecule is [CH2]C(C)(O)CCCCCCCCCCCC. The molecule has 1 unspecified atom stereocenters. The van der Waals surface area contributed by atoms with Crippen molar-refractivity contribution in [3.8, 4) is 0 Å². The van der Waals surface area contributed by atoms with Crippen LogP contribution < -0.4 is 0 Å². The minimum Gasteiger partial charge on any atom is -0.390 e. The molecule has 0 aliphatic heterocycles. The van der Waals surface area contributed by atoms with Crippen LogP contribution in [0.2, 0.25) is 0 Å². The number of unbranched alkanes of at least 4 members (excludes halogenated alkanes) is 9. The number of hydrogen-bond donors (Lipinski definition) is 1. The first kappa shape index (κ1) is 16.0. The van der Waals surface area contributed by atoms with Crippen LogP contribution in [0.15, 0.2) is 0 Å². The molecule has 1 atom stereocenters. The maximum atomic E-state index is 9.43. The molecule has 0 saturated heterocycles. The van der Waals surface area contributed by atoms with Gasteiger partial charge >= 0.3 is 0 Å². The summed E-state index contributed by atoms with van der Waals surface area (Å²) in [4.78, 5) is 0. The lowest BCUT2D eigenvalue weighted by molar-refractivity contribution is 0.0955. The minimum absolute atomic E-state index is 0.708. The van der Waals surface area contributed by atoms with E-state index in [4.69, 9.17) is 0 Å². The van der Waals surface area contributed by atoms with Crippen LogP contribution in [0, 0.1) is 6.92 Å². The van der Waals surface area contributed by atoms with Gasteiger partial charge in [-0.3, -0.25) is 0 Å². The molecule has 0 saturated carbocycles. The summed E-state index contributed by atoms with van der Waals surface area (Å²) < 4.78 is 0. The Bertz CT molecular complexity index is 135. The fourth-order valence-electron chi connectivity index (χ4n) is 1.99. The summed E-state index contributed by atoms with van der Waals surface area (Å²) in [5.74, 6) is 0. The van der Waals surface area contributed by atoms with E-state index in [1.54, 1.807) is 6.92 Å². The van der Waals surface area contributed by atoms with Gasteiger partial charge in [-0.15, -0.1) is 0 Å². The lowest BCUT2D eigenvalue weighted by Crippen LogP contribution is -2.18. The van der Waals surface area contributed by atoms with Gasteiger partial charge in [0, 0.05) is 0 Å². The van der Waals surface area contributed by atoms with Crippen molar-refractivity contribution in [1.82, 2.24) is 0 Å². The van der Waals surface area contributed by atoms with Crippen molar-refractivity contribution in [3.05, 3.63) is 6.92 Å². The highest BCUT2D eigenvalue weighted by molar-refractivity contribution is 4.73. The van der Waals surface area contributed by atoms with Gasteiger partial charge in [0.15, 0.2) is 0 Å². The summed E-state index contributed by atoms with van der Waals surface area (Å²) in [5.41, 5.74) is -0.708. The predicted octanol–water partition coefficient (Wildman–Crippen LogP) is 4.88. The fraction of sp³-hybridized carbons (Fsp3) is 0.933. The normalized spacial score (nSPS) is 12.0. The summed E-state index contributed by atoms with van der Waals surface area (Å²) in [6.45, 7) is 7.76. The van der Waals surface area contributed by atoms with Crippen molar-refractivity contribution in [3.63, 3.8) is 0 Å². The molecular formula is C15H31O. The van der Waals surface area contributed by atoms with Crippen LogP contribution in [0.25, 0.3) is 0 Å². The molecule has 97 valence electrons. The van der Waals surface area contributed by atoms with E-state index in [0.717, 1.165) is 12.8 Å². The lowest BCUT2D eigenvalue weighted by Gasteiger charge is -2.15. The second-order valence-corrected chi connectivity index (χ2v) is 5.43. The second-order valence-electron chi connectivity index (χ2n) is 5.43. The third-order valence-corrected chi connectivity index (χ3v) is 3.07. The van der Waals surface area contributed by atoms with Crippen molar-refractivity contribution in [2.75, 3.05) is 0 Å². The van der Waals surface area contributed by atoms with Gasteiger partial charge in [-0.1, -0.05) is 71.1 Å². The van der Waals surface area contributed by atoms with Gasteiger partial charge in [0.2, 0.25) is 0 Å². The highest BCUT2D eigenvalue weighted by atomic mass is 16.3. The van der Waals surface area contributed by atoms with Crippen LogP contribution in [0.1, 0.15) is 84.5 Å². The first-order valence-electron chi connectivity index (χ1n) is 7.14. The van der Waals surface area contributed by atoms with Crippen molar-refractivity contribution < 1.29 is 5.11 Å². The summed E-state index contributed by atoms with van der Waals surface area (Å²) in [6.07, 6.45) is 14.3. The average Bonchev–Trinajstić information content (AvgIpc) is 2.19. The molecule has 0 aromatic heterocycles. The van der Waals surface area contributed by atoms with E-state index < -0.39 is 5.60 Å². The van der Waals surface area contributed by atoms with Gasteiger partial charge in [-0.2, -0.15) is 0 Å². The number of hydrogen-bond acceptors (Lipinski definition) is 1.